The van der Waals surface area contributed by atoms with Crippen LogP contribution in [0.15, 0.2) is 0 Å². The first kappa shape index (κ1) is 18.9. The van der Waals surface area contributed by atoms with Gasteiger partial charge in [0.2, 0.25) is 5.91 Å². The van der Waals surface area contributed by atoms with Crippen molar-refractivity contribution in [3.8, 4) is 0 Å². The number of piperazine rings is 1. The molecule has 1 unspecified atom stereocenters. The maximum Gasteiger partial charge on any atom is 0.222 e. The molecular weight excluding hydrogens is 338 g/mol. The fourth-order valence-corrected chi connectivity index (χ4v) is 6.65. The molecule has 0 bridgehead atoms. The first-order valence-electron chi connectivity index (χ1n) is 9.58. The van der Waals surface area contributed by atoms with E-state index in [9.17, 15) is 4.79 Å². The maximum absolute atomic E-state index is 12.5. The molecular formula is C18H33N3OS2. The molecule has 0 radical (unpaired) electrons. The van der Waals surface area contributed by atoms with Crippen molar-refractivity contribution < 1.29 is 4.79 Å². The van der Waals surface area contributed by atoms with E-state index in [-0.39, 0.29) is 0 Å². The van der Waals surface area contributed by atoms with Crippen molar-refractivity contribution in [3.05, 3.63) is 0 Å². The van der Waals surface area contributed by atoms with Crippen LogP contribution >= 0.6 is 23.5 Å². The highest BCUT2D eigenvalue weighted by Crippen LogP contribution is 2.27. The first-order chi connectivity index (χ1) is 11.7. The van der Waals surface area contributed by atoms with Gasteiger partial charge in [0.05, 0.1) is 0 Å². The van der Waals surface area contributed by atoms with Gasteiger partial charge in [-0.3, -0.25) is 9.69 Å². The van der Waals surface area contributed by atoms with Gasteiger partial charge in [-0.2, -0.15) is 23.5 Å². The summed E-state index contributed by atoms with van der Waals surface area (Å²) in [4.78, 5) is 19.6. The molecule has 0 N–H and O–H groups in total. The van der Waals surface area contributed by atoms with E-state index in [0.717, 1.165) is 51.0 Å². The van der Waals surface area contributed by atoms with Crippen LogP contribution in [-0.2, 0) is 4.79 Å². The number of carbonyl (C=O) groups excluding carboxylic acids is 1. The third kappa shape index (κ3) is 5.55. The van der Waals surface area contributed by atoms with E-state index in [4.69, 9.17) is 0 Å². The number of rotatable bonds is 4. The second kappa shape index (κ2) is 9.70. The molecule has 1 atom stereocenters. The second-order valence-corrected chi connectivity index (χ2v) is 9.83. The van der Waals surface area contributed by atoms with Gasteiger partial charge in [-0.25, -0.2) is 0 Å². The summed E-state index contributed by atoms with van der Waals surface area (Å²) >= 11 is 4.26. The average Bonchev–Trinajstić information content (AvgIpc) is 2.90. The van der Waals surface area contributed by atoms with Crippen molar-refractivity contribution in [2.75, 3.05) is 69.3 Å². The van der Waals surface area contributed by atoms with Gasteiger partial charge in [-0.05, 0) is 38.8 Å². The number of hydrogen-bond acceptors (Lipinski definition) is 5. The Morgan fingerprint density at radius 2 is 1.75 bits per heavy atom. The maximum atomic E-state index is 12.5. The van der Waals surface area contributed by atoms with Crippen LogP contribution < -0.4 is 0 Å². The summed E-state index contributed by atoms with van der Waals surface area (Å²) in [6.45, 7) is 6.39. The number of thioether (sulfide) groups is 2. The molecule has 3 aliphatic rings. The highest BCUT2D eigenvalue weighted by atomic mass is 32.2. The molecule has 0 aromatic rings. The number of likely N-dealkylation sites (N-methyl/N-ethyl adjacent to an activating group) is 1. The van der Waals surface area contributed by atoms with Gasteiger partial charge >= 0.3 is 0 Å². The minimum Gasteiger partial charge on any atom is -0.340 e. The van der Waals surface area contributed by atoms with Crippen molar-refractivity contribution in [1.29, 1.82) is 0 Å². The van der Waals surface area contributed by atoms with Gasteiger partial charge in [-0.1, -0.05) is 0 Å². The van der Waals surface area contributed by atoms with Crippen LogP contribution in [0.1, 0.15) is 25.7 Å². The summed E-state index contributed by atoms with van der Waals surface area (Å²) in [6, 6.07) is 0.763. The van der Waals surface area contributed by atoms with E-state index in [2.05, 4.69) is 45.3 Å². The minimum atomic E-state index is 0.390. The lowest BCUT2D eigenvalue weighted by Gasteiger charge is -2.38. The topological polar surface area (TPSA) is 26.8 Å². The summed E-state index contributed by atoms with van der Waals surface area (Å²) in [6.07, 6.45) is 4.49. The van der Waals surface area contributed by atoms with Gasteiger partial charge in [0.1, 0.15) is 0 Å². The first-order valence-corrected chi connectivity index (χ1v) is 11.9. The Balaban J connectivity index is 1.41. The van der Waals surface area contributed by atoms with E-state index in [1.165, 1.54) is 48.9 Å². The minimum absolute atomic E-state index is 0.390. The lowest BCUT2D eigenvalue weighted by atomic mass is 9.92. The molecule has 0 saturated carbocycles. The summed E-state index contributed by atoms with van der Waals surface area (Å²) in [7, 11) is 2.14. The molecule has 4 nitrogen and oxygen atoms in total. The van der Waals surface area contributed by atoms with Crippen LogP contribution in [0.3, 0.4) is 0 Å². The lowest BCUT2D eigenvalue weighted by Crippen LogP contribution is -2.47. The van der Waals surface area contributed by atoms with Crippen LogP contribution in [0.2, 0.25) is 0 Å². The molecule has 1 amide bonds. The van der Waals surface area contributed by atoms with Crippen LogP contribution in [0.5, 0.6) is 0 Å². The third-order valence-corrected chi connectivity index (χ3v) is 8.17. The molecule has 0 aliphatic carbocycles. The molecule has 6 heteroatoms. The van der Waals surface area contributed by atoms with Crippen LogP contribution in [-0.4, -0.2) is 96.0 Å². The largest absolute Gasteiger partial charge is 0.340 e. The smallest absolute Gasteiger partial charge is 0.222 e. The molecule has 3 fully saturated rings. The van der Waals surface area contributed by atoms with E-state index in [0.29, 0.717) is 5.91 Å². The predicted molar refractivity (Wildman–Crippen MR) is 106 cm³/mol. The van der Waals surface area contributed by atoms with E-state index in [1.54, 1.807) is 0 Å². The van der Waals surface area contributed by atoms with Crippen molar-refractivity contribution in [3.63, 3.8) is 0 Å². The fraction of sp³-hybridized carbons (Fsp3) is 0.944. The van der Waals surface area contributed by atoms with Crippen LogP contribution in [0, 0.1) is 5.92 Å². The highest BCUT2D eigenvalue weighted by Gasteiger charge is 2.27. The molecule has 3 saturated heterocycles. The zero-order valence-corrected chi connectivity index (χ0v) is 16.8. The van der Waals surface area contributed by atoms with E-state index < -0.39 is 0 Å². The number of likely N-dealkylation sites (tertiary alicyclic amines) is 1. The lowest BCUT2D eigenvalue weighted by molar-refractivity contribution is -0.133. The molecule has 0 spiro atoms. The Labute approximate surface area is 156 Å². The molecule has 0 aromatic carbocycles. The Bertz CT molecular complexity index is 394. The summed E-state index contributed by atoms with van der Waals surface area (Å²) in [5.41, 5.74) is 0. The number of hydrogen-bond donors (Lipinski definition) is 0. The van der Waals surface area contributed by atoms with Gasteiger partial charge in [-0.15, -0.1) is 0 Å². The SMILES string of the molecule is CN1CCN(C(=O)CCC2CCCN(C3CSCCSC3)C2)CC1. The standard InChI is InChI=1S/C18H33N3OS2/c1-19-7-9-20(10-8-19)18(22)5-4-16-3-2-6-21(13-16)17-14-23-11-12-24-15-17/h16-17H,2-15H2,1H3. The summed E-state index contributed by atoms with van der Waals surface area (Å²) in [5.74, 6) is 6.37. The quantitative estimate of drug-likeness (QED) is 0.754. The van der Waals surface area contributed by atoms with Gasteiger partial charge in [0.25, 0.3) is 0 Å². The molecule has 24 heavy (non-hydrogen) atoms. The van der Waals surface area contributed by atoms with Crippen molar-refractivity contribution in [2.24, 2.45) is 5.92 Å². The second-order valence-electron chi connectivity index (χ2n) is 7.53. The molecule has 3 heterocycles. The van der Waals surface area contributed by atoms with Crippen LogP contribution in [0.25, 0.3) is 0 Å². The summed E-state index contributed by atoms with van der Waals surface area (Å²) < 4.78 is 0. The zero-order chi connectivity index (χ0) is 16.8. The Kier molecular flexibility index (Phi) is 7.62. The highest BCUT2D eigenvalue weighted by molar-refractivity contribution is 8.03. The number of piperidine rings is 1. The molecule has 0 aromatic heterocycles. The Morgan fingerprint density at radius 1 is 1.04 bits per heavy atom. The predicted octanol–water partition coefficient (Wildman–Crippen LogP) is 2.10. The van der Waals surface area contributed by atoms with Gasteiger partial charge < -0.3 is 9.80 Å². The zero-order valence-electron chi connectivity index (χ0n) is 15.1. The van der Waals surface area contributed by atoms with Gasteiger partial charge in [0, 0.05) is 68.2 Å². The third-order valence-electron chi connectivity index (χ3n) is 5.68. The van der Waals surface area contributed by atoms with Crippen molar-refractivity contribution in [2.45, 2.75) is 31.7 Å². The molecule has 3 rings (SSSR count). The van der Waals surface area contributed by atoms with Crippen molar-refractivity contribution in [1.82, 2.24) is 14.7 Å². The summed E-state index contributed by atoms with van der Waals surface area (Å²) in [5, 5.41) is 0. The number of carbonyl (C=O) groups is 1. The molecule has 3 aliphatic heterocycles. The van der Waals surface area contributed by atoms with Crippen molar-refractivity contribution >= 4 is 29.4 Å². The Hall–Kier alpha value is 0.0900. The monoisotopic (exact) mass is 371 g/mol. The Morgan fingerprint density at radius 3 is 2.46 bits per heavy atom. The van der Waals surface area contributed by atoms with Gasteiger partial charge in [0.15, 0.2) is 0 Å². The molecule has 138 valence electrons. The average molecular weight is 372 g/mol. The number of nitrogens with zero attached hydrogens (tertiary/aromatic N) is 3. The normalized spacial score (nSPS) is 28.7. The number of amides is 1. The van der Waals surface area contributed by atoms with E-state index >= 15 is 0 Å². The fourth-order valence-electron chi connectivity index (χ4n) is 4.02. The van der Waals surface area contributed by atoms with E-state index in [1.807, 2.05) is 0 Å². The van der Waals surface area contributed by atoms with Crippen LogP contribution in [0.4, 0.5) is 0 Å².